The number of thiol groups is 1. The smallest absolute Gasteiger partial charge is 0.223 e. The van der Waals surface area contributed by atoms with Gasteiger partial charge >= 0.3 is 0 Å². The number of aromatic nitrogens is 1. The van der Waals surface area contributed by atoms with Gasteiger partial charge in [0.2, 0.25) is 10.9 Å². The first-order chi connectivity index (χ1) is 6.77. The molecule has 0 aliphatic heterocycles. The predicted octanol–water partition coefficient (Wildman–Crippen LogP) is 1.17. The average Bonchev–Trinajstić information content (AvgIpc) is 2.18. The molecule has 2 rings (SSSR count). The lowest BCUT2D eigenvalue weighted by Gasteiger charge is -2.02. The predicted molar refractivity (Wildman–Crippen MR) is 55.7 cm³/mol. The number of rotatable bonds is 2. The second kappa shape index (κ2) is 3.63. The number of hydrogen-bond acceptors (Lipinski definition) is 3. The van der Waals surface area contributed by atoms with Crippen molar-refractivity contribution in [3.63, 3.8) is 0 Å². The molecule has 0 bridgehead atoms. The van der Waals surface area contributed by atoms with Crippen molar-refractivity contribution in [1.82, 2.24) is 4.98 Å². The minimum absolute atomic E-state index is 0.374. The zero-order valence-corrected chi connectivity index (χ0v) is 8.07. The molecule has 4 nitrogen and oxygen atoms in total. The van der Waals surface area contributed by atoms with E-state index in [1.54, 1.807) is 6.20 Å². The minimum Gasteiger partial charge on any atom is -0.269 e. The molecule has 0 saturated heterocycles. The van der Waals surface area contributed by atoms with Gasteiger partial charge in [0.15, 0.2) is 0 Å². The van der Waals surface area contributed by atoms with E-state index < -0.39 is 10.9 Å². The van der Waals surface area contributed by atoms with Crippen molar-refractivity contribution in [2.45, 2.75) is 0 Å². The van der Waals surface area contributed by atoms with Gasteiger partial charge in [-0.3, -0.25) is 4.72 Å². The van der Waals surface area contributed by atoms with Crippen molar-refractivity contribution >= 4 is 27.5 Å². The number of benzene rings is 1. The van der Waals surface area contributed by atoms with Crippen LogP contribution in [0.25, 0.3) is 10.8 Å². The zero-order valence-electron chi connectivity index (χ0n) is 7.18. The van der Waals surface area contributed by atoms with Crippen LogP contribution in [0.4, 0.5) is 5.82 Å². The molecule has 1 heterocycles. The normalized spacial score (nSPS) is 10.6. The van der Waals surface area contributed by atoms with Gasteiger partial charge in [-0.15, -0.1) is 0 Å². The van der Waals surface area contributed by atoms with Crippen LogP contribution in [0.1, 0.15) is 0 Å². The summed E-state index contributed by atoms with van der Waals surface area (Å²) in [6, 6.07) is 9.29. The largest absolute Gasteiger partial charge is 0.269 e. The van der Waals surface area contributed by atoms with Gasteiger partial charge < -0.3 is 0 Å². The van der Waals surface area contributed by atoms with Gasteiger partial charge in [0, 0.05) is 11.6 Å². The first-order valence-corrected chi connectivity index (χ1v) is 5.20. The van der Waals surface area contributed by atoms with Gasteiger partial charge in [0.25, 0.3) is 0 Å². The summed E-state index contributed by atoms with van der Waals surface area (Å²) in [5.41, 5.74) is 0. The van der Waals surface area contributed by atoms with Crippen molar-refractivity contribution in [2.75, 3.05) is 4.72 Å². The van der Waals surface area contributed by atoms with Gasteiger partial charge in [-0.2, -0.15) is 0 Å². The molecule has 14 heavy (non-hydrogen) atoms. The van der Waals surface area contributed by atoms with Crippen LogP contribution in [0.2, 0.25) is 0 Å². The number of hydrogen-bond donors (Lipinski definition) is 2. The number of anilines is 1. The molecule has 0 spiro atoms. The summed E-state index contributed by atoms with van der Waals surface area (Å²) in [6.07, 6.45) is 1.57. The van der Waals surface area contributed by atoms with E-state index >= 15 is 0 Å². The molecule has 2 aromatic rings. The van der Waals surface area contributed by atoms with E-state index in [9.17, 15) is 8.42 Å². The van der Waals surface area contributed by atoms with E-state index in [-0.39, 0.29) is 0 Å². The maximum absolute atomic E-state index is 10.5. The fourth-order valence-corrected chi connectivity index (χ4v) is 1.65. The highest BCUT2D eigenvalue weighted by atomic mass is 32.2. The van der Waals surface area contributed by atoms with Crippen LogP contribution in [-0.2, 0) is 10.9 Å². The molecule has 1 aromatic heterocycles. The molecule has 0 aliphatic carbocycles. The molecule has 1 aromatic carbocycles. The Hall–Kier alpha value is -1.62. The summed E-state index contributed by atoms with van der Waals surface area (Å²) in [5, 5.41) is 1.76. The number of pyridine rings is 1. The molecule has 0 saturated carbocycles. The fourth-order valence-electron chi connectivity index (χ4n) is 1.30. The third-order valence-electron chi connectivity index (χ3n) is 1.87. The molecule has 0 unspecified atom stereocenters. The van der Waals surface area contributed by atoms with Crippen molar-refractivity contribution in [1.29, 1.82) is 0 Å². The number of nitrogens with zero attached hydrogens (tertiary/aromatic N) is 1. The van der Waals surface area contributed by atoms with Crippen LogP contribution < -0.4 is 4.72 Å². The van der Waals surface area contributed by atoms with Gasteiger partial charge in [0.05, 0.1) is 0 Å². The Morgan fingerprint density at radius 1 is 1.14 bits per heavy atom. The van der Waals surface area contributed by atoms with E-state index in [1.807, 2.05) is 30.3 Å². The topological polar surface area (TPSA) is 59.1 Å². The average molecular weight is 208 g/mol. The summed E-state index contributed by atoms with van der Waals surface area (Å²) in [4.78, 5) is 3.95. The lowest BCUT2D eigenvalue weighted by molar-refractivity contribution is 0.619. The van der Waals surface area contributed by atoms with Gasteiger partial charge in [-0.05, 0) is 11.5 Å². The van der Waals surface area contributed by atoms with E-state index in [0.29, 0.717) is 5.82 Å². The van der Waals surface area contributed by atoms with Gasteiger partial charge in [0.1, 0.15) is 5.82 Å². The minimum atomic E-state index is -2.66. The van der Waals surface area contributed by atoms with Crippen LogP contribution in [0.3, 0.4) is 0 Å². The van der Waals surface area contributed by atoms with Gasteiger partial charge in [-0.1, -0.05) is 24.3 Å². The third kappa shape index (κ3) is 1.67. The van der Waals surface area contributed by atoms with Crippen LogP contribution in [0, 0.1) is 0 Å². The van der Waals surface area contributed by atoms with Crippen molar-refractivity contribution in [3.05, 3.63) is 36.5 Å². The Balaban J connectivity index is 2.64. The molecule has 5 heteroatoms. The molecular formula is C9H8N2O2S. The van der Waals surface area contributed by atoms with E-state index in [0.717, 1.165) is 10.8 Å². The highest BCUT2D eigenvalue weighted by Gasteiger charge is 2.00. The molecule has 72 valence electrons. The highest BCUT2D eigenvalue weighted by molar-refractivity contribution is 7.73. The lowest BCUT2D eigenvalue weighted by atomic mass is 10.2. The maximum Gasteiger partial charge on any atom is 0.223 e. The highest BCUT2D eigenvalue weighted by Crippen LogP contribution is 2.19. The lowest BCUT2D eigenvalue weighted by Crippen LogP contribution is -1.97. The Morgan fingerprint density at radius 3 is 2.71 bits per heavy atom. The maximum atomic E-state index is 10.5. The molecule has 0 aliphatic rings. The van der Waals surface area contributed by atoms with Crippen LogP contribution in [-0.4, -0.2) is 13.4 Å². The molecule has 0 atom stereocenters. The summed E-state index contributed by atoms with van der Waals surface area (Å²) in [5.74, 6) is 0.374. The molecule has 0 fully saturated rings. The summed E-state index contributed by atoms with van der Waals surface area (Å²) in [7, 11) is -2.66. The van der Waals surface area contributed by atoms with E-state index in [1.165, 1.54) is 0 Å². The van der Waals surface area contributed by atoms with Crippen molar-refractivity contribution in [2.24, 2.45) is 0 Å². The zero-order chi connectivity index (χ0) is 9.97. The van der Waals surface area contributed by atoms with E-state index in [4.69, 9.17) is 0 Å². The molecular weight excluding hydrogens is 200 g/mol. The molecule has 0 amide bonds. The summed E-state index contributed by atoms with van der Waals surface area (Å²) in [6.45, 7) is 0. The Morgan fingerprint density at radius 2 is 1.93 bits per heavy atom. The molecule has 1 N–H and O–H groups in total. The summed E-state index contributed by atoms with van der Waals surface area (Å²) < 4.78 is 23.3. The Labute approximate surface area is 82.7 Å². The van der Waals surface area contributed by atoms with E-state index in [2.05, 4.69) is 9.71 Å². The Bertz CT molecular complexity index is 524. The van der Waals surface area contributed by atoms with Crippen LogP contribution in [0.5, 0.6) is 0 Å². The fraction of sp³-hybridized carbons (Fsp3) is 0. The first-order valence-electron chi connectivity index (χ1n) is 4.02. The molecule has 0 radical (unpaired) electrons. The standard InChI is InChI=1S/C9H8N2O2S/c12-14(13)11-9-8-4-2-1-3-7(8)5-6-10-9/h1-6,14H,(H,10,11,12,13). The number of nitrogens with one attached hydrogen (secondary N) is 1. The second-order valence-electron chi connectivity index (χ2n) is 2.75. The monoisotopic (exact) mass is 208 g/mol. The van der Waals surface area contributed by atoms with Crippen molar-refractivity contribution < 1.29 is 8.42 Å². The third-order valence-corrected chi connectivity index (χ3v) is 2.27. The summed E-state index contributed by atoms with van der Waals surface area (Å²) >= 11 is 0. The van der Waals surface area contributed by atoms with Crippen LogP contribution >= 0.6 is 0 Å². The van der Waals surface area contributed by atoms with Crippen LogP contribution in [0.15, 0.2) is 36.5 Å². The van der Waals surface area contributed by atoms with Crippen molar-refractivity contribution in [3.8, 4) is 0 Å². The quantitative estimate of drug-likeness (QED) is 0.728. The first kappa shape index (κ1) is 8.96. The second-order valence-corrected chi connectivity index (χ2v) is 3.49. The number of fused-ring (bicyclic) bond motifs is 1. The Kier molecular flexibility index (Phi) is 2.32. The SMILES string of the molecule is O=[SH](=O)Nc1nccc2ccccc12. The van der Waals surface area contributed by atoms with Gasteiger partial charge in [-0.25, -0.2) is 13.4 Å².